The predicted octanol–water partition coefficient (Wildman–Crippen LogP) is 7.53. The molecule has 0 atom stereocenters. The highest BCUT2D eigenvalue weighted by molar-refractivity contribution is 5.94. The molecule has 6 rings (SSSR count). The Kier molecular flexibility index (Phi) is 12.4. The third-order valence-corrected chi connectivity index (χ3v) is 10.7. The van der Waals surface area contributed by atoms with Gasteiger partial charge >= 0.3 is 6.09 Å². The van der Waals surface area contributed by atoms with E-state index < -0.39 is 0 Å². The summed E-state index contributed by atoms with van der Waals surface area (Å²) in [5.41, 5.74) is 4.04. The maximum absolute atomic E-state index is 13.8. The fourth-order valence-corrected chi connectivity index (χ4v) is 7.71. The van der Waals surface area contributed by atoms with Crippen LogP contribution in [-0.2, 0) is 21.3 Å². The molecular formula is C38H55N5O6. The molecule has 3 fully saturated rings. The number of aromatic nitrogens is 3. The molecule has 0 spiro atoms. The van der Waals surface area contributed by atoms with E-state index in [0.29, 0.717) is 24.9 Å². The molecule has 0 bridgehead atoms. The number of hydrogen-bond donors (Lipinski definition) is 0. The van der Waals surface area contributed by atoms with Crippen LogP contribution in [0.5, 0.6) is 5.75 Å². The van der Waals surface area contributed by atoms with E-state index in [-0.39, 0.29) is 23.5 Å². The highest BCUT2D eigenvalue weighted by Gasteiger charge is 2.45. The Hall–Kier alpha value is -3.86. The normalized spacial score (nSPS) is 20.5. The van der Waals surface area contributed by atoms with Gasteiger partial charge in [0, 0.05) is 50.0 Å². The summed E-state index contributed by atoms with van der Waals surface area (Å²) >= 11 is 0. The minimum atomic E-state index is -0.260. The SMILES string of the molecule is CCCC1(OC)CN(C(=O)OC)C1.COc1ccc(C2CCC(CN(C(=O)C3CCCCC3)c3cc(-c4con4C)ccn3)CC2)nc1C. The molecule has 0 N–H and O–H groups in total. The van der Waals surface area contributed by atoms with Crippen molar-refractivity contribution >= 4 is 17.8 Å². The van der Waals surface area contributed by atoms with Crippen molar-refractivity contribution in [2.45, 2.75) is 96.0 Å². The summed E-state index contributed by atoms with van der Waals surface area (Å²) in [6, 6.07) is 8.17. The summed E-state index contributed by atoms with van der Waals surface area (Å²) < 4.78 is 22.4. The first-order valence-electron chi connectivity index (χ1n) is 18.0. The molecular weight excluding hydrogens is 622 g/mol. The van der Waals surface area contributed by atoms with Crippen molar-refractivity contribution in [2.75, 3.05) is 45.9 Å². The van der Waals surface area contributed by atoms with Crippen molar-refractivity contribution < 1.29 is 28.3 Å². The number of pyridine rings is 2. The lowest BCUT2D eigenvalue weighted by atomic mass is 9.79. The first-order valence-corrected chi connectivity index (χ1v) is 18.0. The number of rotatable bonds is 10. The van der Waals surface area contributed by atoms with E-state index in [1.807, 2.05) is 43.3 Å². The summed E-state index contributed by atoms with van der Waals surface area (Å²) in [6.45, 7) is 6.17. The van der Waals surface area contributed by atoms with Crippen LogP contribution in [-0.4, -0.2) is 78.2 Å². The highest BCUT2D eigenvalue weighted by atomic mass is 16.5. The van der Waals surface area contributed by atoms with Crippen molar-refractivity contribution in [1.29, 1.82) is 0 Å². The van der Waals surface area contributed by atoms with E-state index in [1.165, 1.54) is 13.5 Å². The molecule has 1 saturated heterocycles. The summed E-state index contributed by atoms with van der Waals surface area (Å²) in [5.74, 6) is 2.90. The number of carbonyl (C=O) groups is 2. The lowest BCUT2D eigenvalue weighted by Crippen LogP contribution is -2.64. The van der Waals surface area contributed by atoms with Crippen LogP contribution in [0.1, 0.15) is 94.9 Å². The Morgan fingerprint density at radius 3 is 2.33 bits per heavy atom. The summed E-state index contributed by atoms with van der Waals surface area (Å²) in [7, 11) is 6.67. The molecule has 3 aromatic rings. The fourth-order valence-electron chi connectivity index (χ4n) is 7.71. The van der Waals surface area contributed by atoms with Gasteiger partial charge in [0.05, 0.1) is 33.0 Å². The summed E-state index contributed by atoms with van der Waals surface area (Å²) in [4.78, 5) is 38.0. The van der Waals surface area contributed by atoms with Crippen molar-refractivity contribution in [2.24, 2.45) is 18.9 Å². The Bertz CT molecular complexity index is 1510. The lowest BCUT2D eigenvalue weighted by Gasteiger charge is -2.48. The molecule has 3 aromatic heterocycles. The number of methoxy groups -OCH3 is 3. The summed E-state index contributed by atoms with van der Waals surface area (Å²) in [6.07, 6.45) is 15.2. The van der Waals surface area contributed by atoms with Gasteiger partial charge in [-0.1, -0.05) is 32.6 Å². The monoisotopic (exact) mass is 677 g/mol. The standard InChI is InChI=1S/C29H38N4O3.C9H17NO3/c1-20-27(35-3)14-13-25(31-20)22-11-9-21(10-12-22)18-33(29(34)23-7-5-4-6-8-23)28-17-24(15-16-30-28)26-19-36-32(26)2;1-4-5-9(13-3)6-10(7-9)8(11)12-2/h13-17,19,21-23H,4-12,18H2,1-3H3;4-7H2,1-3H3. The number of amides is 2. The van der Waals surface area contributed by atoms with Gasteiger partial charge in [-0.25, -0.2) is 14.5 Å². The zero-order valence-corrected chi connectivity index (χ0v) is 30.3. The average molecular weight is 678 g/mol. The van der Waals surface area contributed by atoms with Crippen LogP contribution < -0.4 is 9.64 Å². The average Bonchev–Trinajstić information content (AvgIpc) is 3.11. The molecule has 2 aliphatic carbocycles. The van der Waals surface area contributed by atoms with Crippen molar-refractivity contribution in [3.05, 3.63) is 48.1 Å². The molecule has 3 aliphatic rings. The molecule has 2 saturated carbocycles. The van der Waals surface area contributed by atoms with Gasteiger partial charge in [-0.05, 0) is 82.1 Å². The lowest BCUT2D eigenvalue weighted by molar-refractivity contribution is -0.123. The van der Waals surface area contributed by atoms with Gasteiger partial charge in [-0.3, -0.25) is 14.7 Å². The van der Waals surface area contributed by atoms with Gasteiger partial charge < -0.3 is 23.6 Å². The van der Waals surface area contributed by atoms with Gasteiger partial charge in [-0.2, -0.15) is 0 Å². The van der Waals surface area contributed by atoms with Crippen molar-refractivity contribution in [1.82, 2.24) is 19.6 Å². The number of nitrogens with zero attached hydrogens (tertiary/aromatic N) is 5. The Morgan fingerprint density at radius 2 is 1.76 bits per heavy atom. The second-order valence-electron chi connectivity index (χ2n) is 14.0. The van der Waals surface area contributed by atoms with E-state index in [4.69, 9.17) is 19.0 Å². The largest absolute Gasteiger partial charge is 0.495 e. The molecule has 1 aliphatic heterocycles. The van der Waals surface area contributed by atoms with E-state index in [1.54, 1.807) is 30.1 Å². The summed E-state index contributed by atoms with van der Waals surface area (Å²) in [5, 5.41) is 0. The number of aryl methyl sites for hydroxylation is 2. The minimum Gasteiger partial charge on any atom is -0.495 e. The van der Waals surface area contributed by atoms with Crippen LogP contribution in [0.4, 0.5) is 10.6 Å². The van der Waals surface area contributed by atoms with E-state index in [2.05, 4.69) is 22.7 Å². The molecule has 11 heteroatoms. The van der Waals surface area contributed by atoms with E-state index >= 15 is 0 Å². The molecule has 49 heavy (non-hydrogen) atoms. The second kappa shape index (κ2) is 16.7. The predicted molar refractivity (Wildman–Crippen MR) is 189 cm³/mol. The van der Waals surface area contributed by atoms with Crippen LogP contribution in [0.25, 0.3) is 11.3 Å². The zero-order valence-electron chi connectivity index (χ0n) is 30.3. The zero-order chi connectivity index (χ0) is 35.0. The van der Waals surface area contributed by atoms with Crippen LogP contribution in [0.3, 0.4) is 0 Å². The quantitative estimate of drug-likeness (QED) is 0.217. The molecule has 0 unspecified atom stereocenters. The highest BCUT2D eigenvalue weighted by Crippen LogP contribution is 2.38. The maximum atomic E-state index is 13.8. The smallest absolute Gasteiger partial charge is 0.409 e. The van der Waals surface area contributed by atoms with Gasteiger partial charge in [0.25, 0.3) is 0 Å². The topological polar surface area (TPSA) is 112 Å². The number of likely N-dealkylation sites (tertiary alicyclic amines) is 1. The van der Waals surface area contributed by atoms with E-state index in [9.17, 15) is 9.59 Å². The first-order chi connectivity index (χ1) is 23.7. The number of carbonyl (C=O) groups excluding carboxylic acids is 2. The minimum absolute atomic E-state index is 0.108. The van der Waals surface area contributed by atoms with Crippen molar-refractivity contribution in [3.63, 3.8) is 0 Å². The number of anilines is 1. The maximum Gasteiger partial charge on any atom is 0.409 e. The fraction of sp³-hybridized carbons (Fsp3) is 0.632. The van der Waals surface area contributed by atoms with Crippen LogP contribution in [0.15, 0.2) is 41.2 Å². The molecule has 0 radical (unpaired) electrons. The third kappa shape index (κ3) is 8.66. The number of hydrogen-bond acceptors (Lipinski definition) is 8. The van der Waals surface area contributed by atoms with Gasteiger partial charge in [0.1, 0.15) is 29.1 Å². The Balaban J connectivity index is 0.000000304. The molecule has 268 valence electrons. The van der Waals surface area contributed by atoms with Crippen LogP contribution >= 0.6 is 0 Å². The van der Waals surface area contributed by atoms with Gasteiger partial charge in [-0.15, -0.1) is 0 Å². The molecule has 11 nitrogen and oxygen atoms in total. The first kappa shape index (κ1) is 36.4. The van der Waals surface area contributed by atoms with Gasteiger partial charge in [0.15, 0.2) is 0 Å². The Labute approximate surface area is 291 Å². The van der Waals surface area contributed by atoms with E-state index in [0.717, 1.165) is 105 Å². The molecule has 0 aromatic carbocycles. The van der Waals surface area contributed by atoms with Gasteiger partial charge in [0.2, 0.25) is 5.91 Å². The van der Waals surface area contributed by atoms with Crippen molar-refractivity contribution in [3.8, 4) is 17.0 Å². The number of ether oxygens (including phenoxy) is 3. The molecule has 2 amide bonds. The van der Waals surface area contributed by atoms with Crippen LogP contribution in [0, 0.1) is 18.8 Å². The third-order valence-electron chi connectivity index (χ3n) is 10.7. The second-order valence-corrected chi connectivity index (χ2v) is 14.0. The van der Waals surface area contributed by atoms with Crippen LogP contribution in [0.2, 0.25) is 0 Å². The molecule has 4 heterocycles. The Morgan fingerprint density at radius 1 is 1.02 bits per heavy atom.